The zero-order valence-corrected chi connectivity index (χ0v) is 9.23. The molecule has 0 aromatic carbocycles. The summed E-state index contributed by atoms with van der Waals surface area (Å²) in [6.45, 7) is 5.32. The first-order valence-electron chi connectivity index (χ1n) is 5.43. The maximum atomic E-state index is 11.1. The van der Waals surface area contributed by atoms with Crippen molar-refractivity contribution in [3.63, 3.8) is 0 Å². The maximum absolute atomic E-state index is 11.1. The zero-order chi connectivity index (χ0) is 11.0. The molecule has 0 saturated heterocycles. The number of hydrogen-bond donors (Lipinski definition) is 1. The van der Waals surface area contributed by atoms with Crippen molar-refractivity contribution in [1.82, 2.24) is 9.55 Å². The first-order chi connectivity index (χ1) is 7.09. The van der Waals surface area contributed by atoms with Crippen molar-refractivity contribution in [3.8, 4) is 0 Å². The summed E-state index contributed by atoms with van der Waals surface area (Å²) in [5.41, 5.74) is 6.42. The number of hydrogen-bond acceptors (Lipinski definition) is 2. The van der Waals surface area contributed by atoms with E-state index in [0.29, 0.717) is 17.7 Å². The Morgan fingerprint density at radius 3 is 3.00 bits per heavy atom. The molecule has 0 saturated carbocycles. The molecule has 2 rings (SSSR count). The predicted octanol–water partition coefficient (Wildman–Crippen LogP) is 1.20. The lowest BCUT2D eigenvalue weighted by atomic mass is 9.88. The number of fused-ring (bicyclic) bond motifs is 1. The fraction of sp³-hybridized carbons (Fsp3) is 0.636. The van der Waals surface area contributed by atoms with Crippen LogP contribution in [0.4, 0.5) is 0 Å². The van der Waals surface area contributed by atoms with Crippen LogP contribution >= 0.6 is 0 Å². The number of imidazole rings is 1. The summed E-state index contributed by atoms with van der Waals surface area (Å²) in [4.78, 5) is 15.2. The van der Waals surface area contributed by atoms with E-state index in [0.717, 1.165) is 18.7 Å². The van der Waals surface area contributed by atoms with Crippen molar-refractivity contribution in [1.29, 1.82) is 0 Å². The average molecular weight is 207 g/mol. The number of nitrogens with two attached hydrogens (primary N) is 1. The molecule has 4 heteroatoms. The molecule has 15 heavy (non-hydrogen) atoms. The van der Waals surface area contributed by atoms with E-state index in [9.17, 15) is 4.79 Å². The molecule has 1 atom stereocenters. The maximum Gasteiger partial charge on any atom is 0.284 e. The molecular weight excluding hydrogens is 190 g/mol. The molecule has 1 aliphatic heterocycles. The third-order valence-corrected chi connectivity index (χ3v) is 3.29. The number of carbonyl (C=O) groups excluding carboxylic acids is 1. The highest BCUT2D eigenvalue weighted by atomic mass is 16.1. The van der Waals surface area contributed by atoms with Gasteiger partial charge in [-0.1, -0.05) is 13.8 Å². The Bertz CT molecular complexity index is 381. The lowest BCUT2D eigenvalue weighted by Crippen LogP contribution is -2.28. The summed E-state index contributed by atoms with van der Waals surface area (Å²) in [5, 5.41) is 0. The van der Waals surface area contributed by atoms with Crippen molar-refractivity contribution in [2.24, 2.45) is 17.6 Å². The van der Waals surface area contributed by atoms with Gasteiger partial charge in [-0.15, -0.1) is 0 Å². The van der Waals surface area contributed by atoms with Gasteiger partial charge in [0.2, 0.25) is 0 Å². The monoisotopic (exact) mass is 207 g/mol. The predicted molar refractivity (Wildman–Crippen MR) is 57.4 cm³/mol. The first kappa shape index (κ1) is 10.2. The van der Waals surface area contributed by atoms with Gasteiger partial charge in [0.05, 0.1) is 0 Å². The van der Waals surface area contributed by atoms with Gasteiger partial charge in [-0.3, -0.25) is 4.79 Å². The minimum absolute atomic E-state index is 0.412. The van der Waals surface area contributed by atoms with Crippen molar-refractivity contribution >= 4 is 5.91 Å². The van der Waals surface area contributed by atoms with Gasteiger partial charge in [-0.2, -0.15) is 0 Å². The summed E-state index contributed by atoms with van der Waals surface area (Å²) in [6.07, 6.45) is 3.96. The molecule has 1 aromatic rings. The second-order valence-corrected chi connectivity index (χ2v) is 4.59. The van der Waals surface area contributed by atoms with Crippen molar-refractivity contribution < 1.29 is 4.79 Å². The van der Waals surface area contributed by atoms with E-state index in [4.69, 9.17) is 5.73 Å². The Morgan fingerprint density at radius 2 is 2.40 bits per heavy atom. The van der Waals surface area contributed by atoms with Crippen molar-refractivity contribution in [2.45, 2.75) is 33.2 Å². The Labute approximate surface area is 89.5 Å². The second kappa shape index (κ2) is 3.68. The summed E-state index contributed by atoms with van der Waals surface area (Å²) < 4.78 is 1.98. The van der Waals surface area contributed by atoms with E-state index in [-0.39, 0.29) is 0 Å². The highest BCUT2D eigenvalue weighted by Crippen LogP contribution is 2.26. The number of rotatable bonds is 2. The lowest BCUT2D eigenvalue weighted by Gasteiger charge is -2.27. The van der Waals surface area contributed by atoms with Gasteiger partial charge in [-0.25, -0.2) is 4.98 Å². The highest BCUT2D eigenvalue weighted by molar-refractivity contribution is 5.89. The van der Waals surface area contributed by atoms with Crippen LogP contribution in [-0.2, 0) is 13.0 Å². The molecule has 2 N–H and O–H groups in total. The van der Waals surface area contributed by atoms with Crippen LogP contribution in [-0.4, -0.2) is 15.5 Å². The molecule has 1 aromatic heterocycles. The largest absolute Gasteiger partial charge is 0.363 e. The minimum Gasteiger partial charge on any atom is -0.363 e. The number of carbonyl (C=O) groups is 1. The number of aryl methyl sites for hydroxylation is 1. The Hall–Kier alpha value is -1.32. The van der Waals surface area contributed by atoms with Crippen LogP contribution in [0.15, 0.2) is 6.20 Å². The highest BCUT2D eigenvalue weighted by Gasteiger charge is 2.24. The quantitative estimate of drug-likeness (QED) is 0.792. The van der Waals surface area contributed by atoms with E-state index >= 15 is 0 Å². The fourth-order valence-electron chi connectivity index (χ4n) is 2.21. The van der Waals surface area contributed by atoms with Gasteiger partial charge in [0.25, 0.3) is 5.91 Å². The normalized spacial score (nSPS) is 20.3. The molecule has 0 spiro atoms. The molecular formula is C11H17N3O. The fourth-order valence-corrected chi connectivity index (χ4v) is 2.21. The zero-order valence-electron chi connectivity index (χ0n) is 9.23. The van der Waals surface area contributed by atoms with Crippen LogP contribution < -0.4 is 5.73 Å². The molecule has 0 fully saturated rings. The smallest absolute Gasteiger partial charge is 0.284 e. The lowest BCUT2D eigenvalue weighted by molar-refractivity contribution is 0.0982. The van der Waals surface area contributed by atoms with Crippen molar-refractivity contribution in [3.05, 3.63) is 17.7 Å². The van der Waals surface area contributed by atoms with Gasteiger partial charge in [-0.05, 0) is 24.7 Å². The van der Waals surface area contributed by atoms with E-state index in [2.05, 4.69) is 18.8 Å². The van der Waals surface area contributed by atoms with Crippen LogP contribution in [0.1, 0.15) is 36.6 Å². The minimum atomic E-state index is -0.425. The average Bonchev–Trinajstić information content (AvgIpc) is 2.59. The summed E-state index contributed by atoms with van der Waals surface area (Å²) in [5.74, 6) is 1.26. The number of nitrogens with zero attached hydrogens (tertiary/aromatic N) is 2. The summed E-state index contributed by atoms with van der Waals surface area (Å²) >= 11 is 0. The van der Waals surface area contributed by atoms with Crippen LogP contribution in [0.25, 0.3) is 0 Å². The molecule has 0 aliphatic carbocycles. The molecule has 1 aliphatic rings. The summed E-state index contributed by atoms with van der Waals surface area (Å²) in [7, 11) is 0. The molecule has 0 radical (unpaired) electrons. The Morgan fingerprint density at radius 1 is 1.67 bits per heavy atom. The third kappa shape index (κ3) is 1.76. The van der Waals surface area contributed by atoms with Gasteiger partial charge < -0.3 is 10.3 Å². The van der Waals surface area contributed by atoms with Crippen LogP contribution in [0, 0.1) is 11.8 Å². The standard InChI is InChI=1S/C11H17N3O/c1-7(2)8-3-4-9-5-13-11(10(12)15)14(9)6-8/h5,7-8H,3-4,6H2,1-2H3,(H2,12,15). The van der Waals surface area contributed by atoms with E-state index < -0.39 is 5.91 Å². The molecule has 82 valence electrons. The number of aromatic nitrogens is 2. The summed E-state index contributed by atoms with van der Waals surface area (Å²) in [6, 6.07) is 0. The molecule has 1 amide bonds. The van der Waals surface area contributed by atoms with E-state index in [1.54, 1.807) is 6.20 Å². The van der Waals surface area contributed by atoms with Crippen LogP contribution in [0.2, 0.25) is 0 Å². The van der Waals surface area contributed by atoms with E-state index in [1.165, 1.54) is 6.42 Å². The molecule has 1 unspecified atom stereocenters. The Balaban J connectivity index is 2.30. The van der Waals surface area contributed by atoms with E-state index in [1.807, 2.05) is 4.57 Å². The third-order valence-electron chi connectivity index (χ3n) is 3.29. The van der Waals surface area contributed by atoms with Gasteiger partial charge >= 0.3 is 0 Å². The van der Waals surface area contributed by atoms with Gasteiger partial charge in [0.15, 0.2) is 5.82 Å². The number of amides is 1. The first-order valence-corrected chi connectivity index (χ1v) is 5.43. The van der Waals surface area contributed by atoms with Gasteiger partial charge in [0, 0.05) is 18.4 Å². The van der Waals surface area contributed by atoms with Gasteiger partial charge in [0.1, 0.15) is 0 Å². The van der Waals surface area contributed by atoms with Crippen LogP contribution in [0.3, 0.4) is 0 Å². The van der Waals surface area contributed by atoms with Crippen molar-refractivity contribution in [2.75, 3.05) is 0 Å². The number of primary amides is 1. The molecule has 0 bridgehead atoms. The second-order valence-electron chi connectivity index (χ2n) is 4.59. The molecule has 2 heterocycles. The molecule has 4 nitrogen and oxygen atoms in total. The Kier molecular flexibility index (Phi) is 2.50. The SMILES string of the molecule is CC(C)C1CCc2cnc(C(N)=O)n2C1. The van der Waals surface area contributed by atoms with Crippen LogP contribution in [0.5, 0.6) is 0 Å². The topological polar surface area (TPSA) is 60.9 Å².